The third kappa shape index (κ3) is 5.75. The first kappa shape index (κ1) is 24.6. The van der Waals surface area contributed by atoms with E-state index in [1.807, 2.05) is 76.5 Å². The van der Waals surface area contributed by atoms with Gasteiger partial charge in [0.15, 0.2) is 5.65 Å². The second kappa shape index (κ2) is 10.4. The van der Waals surface area contributed by atoms with Crippen LogP contribution >= 0.6 is 11.6 Å². The lowest BCUT2D eigenvalue weighted by Crippen LogP contribution is -2.37. The molecule has 0 saturated heterocycles. The molecule has 0 fully saturated rings. The summed E-state index contributed by atoms with van der Waals surface area (Å²) in [4.78, 5) is 37.6. The van der Waals surface area contributed by atoms with Crippen molar-refractivity contribution < 1.29 is 4.79 Å². The first-order valence-corrected chi connectivity index (χ1v) is 11.8. The fraction of sp³-hybridized carbons (Fsp3) is 0.259. The summed E-state index contributed by atoms with van der Waals surface area (Å²) in [5, 5.41) is 3.80. The molecule has 4 rings (SSSR count). The third-order valence-corrected chi connectivity index (χ3v) is 5.60. The van der Waals surface area contributed by atoms with Crippen LogP contribution in [-0.4, -0.2) is 45.5 Å². The molecule has 7 nitrogen and oxygen atoms in total. The number of benzene rings is 2. The maximum Gasteiger partial charge on any atom is 0.263 e. The highest BCUT2D eigenvalue weighted by Crippen LogP contribution is 2.27. The summed E-state index contributed by atoms with van der Waals surface area (Å²) < 4.78 is 1.41. The molecule has 8 heteroatoms. The molecule has 0 saturated carbocycles. The molecule has 2 heterocycles. The maximum absolute atomic E-state index is 13.7. The van der Waals surface area contributed by atoms with Crippen molar-refractivity contribution in [2.24, 2.45) is 0 Å². The van der Waals surface area contributed by atoms with Crippen molar-refractivity contribution >= 4 is 28.5 Å². The molecule has 2 aromatic heterocycles. The van der Waals surface area contributed by atoms with Crippen molar-refractivity contribution in [1.29, 1.82) is 0 Å². The molecule has 35 heavy (non-hydrogen) atoms. The number of halogens is 1. The highest BCUT2D eigenvalue weighted by atomic mass is 35.5. The quantitative estimate of drug-likeness (QED) is 0.417. The minimum atomic E-state index is -0.322. The predicted octanol–water partition coefficient (Wildman–Crippen LogP) is 4.37. The normalized spacial score (nSPS) is 11.4. The van der Waals surface area contributed by atoms with Crippen molar-refractivity contribution in [1.82, 2.24) is 24.8 Å². The number of nitrogens with zero attached hydrogens (tertiary/aromatic N) is 4. The van der Waals surface area contributed by atoms with Crippen molar-refractivity contribution in [2.75, 3.05) is 14.1 Å². The number of carbonyl (C=O) groups is 1. The number of nitrogens with one attached hydrogen (secondary N) is 1. The molecule has 1 amide bonds. The number of rotatable bonds is 7. The Morgan fingerprint density at radius 2 is 1.80 bits per heavy atom. The van der Waals surface area contributed by atoms with Crippen LogP contribution in [0.2, 0.25) is 5.02 Å². The summed E-state index contributed by atoms with van der Waals surface area (Å²) in [5.74, 6) is 0.144. The predicted molar refractivity (Wildman–Crippen MR) is 140 cm³/mol. The molecule has 2 aromatic carbocycles. The Morgan fingerprint density at radius 1 is 1.06 bits per heavy atom. The van der Waals surface area contributed by atoms with Gasteiger partial charge >= 0.3 is 0 Å². The second-order valence-corrected chi connectivity index (χ2v) is 9.53. The van der Waals surface area contributed by atoms with Crippen LogP contribution in [0.15, 0.2) is 65.6 Å². The standard InChI is InChI=1S/C27H28ClN5O2/c1-17(2)30-24(34)16-33-26(19-8-6-5-7-9-19)31-25-23(27(33)35)13-21(14-29-25)20-10-18(15-32(3)4)11-22(28)12-20/h5-14,17H,15-16H2,1-4H3,(H,30,34). The molecular formula is C27H28ClN5O2. The van der Waals surface area contributed by atoms with Crippen LogP contribution < -0.4 is 10.9 Å². The maximum atomic E-state index is 13.7. The SMILES string of the molecule is CC(C)NC(=O)Cn1c(-c2ccccc2)nc2ncc(-c3cc(Cl)cc(CN(C)C)c3)cc2c1=O. The summed E-state index contributed by atoms with van der Waals surface area (Å²) in [7, 11) is 3.98. The number of carbonyl (C=O) groups excluding carboxylic acids is 1. The molecule has 4 aromatic rings. The third-order valence-electron chi connectivity index (χ3n) is 5.38. The zero-order valence-electron chi connectivity index (χ0n) is 20.2. The van der Waals surface area contributed by atoms with Gasteiger partial charge in [0.25, 0.3) is 5.56 Å². The van der Waals surface area contributed by atoms with Gasteiger partial charge in [0.05, 0.1) is 5.39 Å². The molecule has 0 spiro atoms. The van der Waals surface area contributed by atoms with E-state index in [9.17, 15) is 9.59 Å². The highest BCUT2D eigenvalue weighted by molar-refractivity contribution is 6.31. The Hall–Kier alpha value is -3.55. The first-order chi connectivity index (χ1) is 16.7. The molecule has 0 unspecified atom stereocenters. The Kier molecular flexibility index (Phi) is 7.28. The van der Waals surface area contributed by atoms with E-state index in [0.717, 1.165) is 28.8 Å². The largest absolute Gasteiger partial charge is 0.352 e. The summed E-state index contributed by atoms with van der Waals surface area (Å²) in [5.41, 5.74) is 3.41. The Labute approximate surface area is 209 Å². The molecule has 0 atom stereocenters. The van der Waals surface area contributed by atoms with Gasteiger partial charge in [-0.1, -0.05) is 41.9 Å². The van der Waals surface area contributed by atoms with Crippen LogP contribution in [-0.2, 0) is 17.9 Å². The molecule has 0 aliphatic carbocycles. The first-order valence-electron chi connectivity index (χ1n) is 11.4. The van der Waals surface area contributed by atoms with Gasteiger partial charge in [0, 0.05) is 34.9 Å². The van der Waals surface area contributed by atoms with E-state index in [1.165, 1.54) is 4.57 Å². The van der Waals surface area contributed by atoms with Gasteiger partial charge in [0.2, 0.25) is 5.91 Å². The van der Waals surface area contributed by atoms with E-state index in [2.05, 4.69) is 20.2 Å². The average molecular weight is 490 g/mol. The van der Waals surface area contributed by atoms with Crippen molar-refractivity contribution in [3.05, 3.63) is 81.7 Å². The van der Waals surface area contributed by atoms with Crippen LogP contribution in [0, 0.1) is 0 Å². The number of amides is 1. The smallest absolute Gasteiger partial charge is 0.263 e. The van der Waals surface area contributed by atoms with Gasteiger partial charge in [-0.2, -0.15) is 0 Å². The molecule has 180 valence electrons. The lowest BCUT2D eigenvalue weighted by molar-refractivity contribution is -0.122. The van der Waals surface area contributed by atoms with Crippen molar-refractivity contribution in [3.63, 3.8) is 0 Å². The number of aromatic nitrogens is 3. The fourth-order valence-electron chi connectivity index (χ4n) is 4.00. The highest BCUT2D eigenvalue weighted by Gasteiger charge is 2.17. The Bertz CT molecular complexity index is 1430. The van der Waals surface area contributed by atoms with Crippen LogP contribution in [0.3, 0.4) is 0 Å². The Morgan fingerprint density at radius 3 is 2.49 bits per heavy atom. The lowest BCUT2D eigenvalue weighted by atomic mass is 10.0. The van der Waals surface area contributed by atoms with Crippen LogP contribution in [0.4, 0.5) is 0 Å². The van der Waals surface area contributed by atoms with E-state index in [1.54, 1.807) is 12.3 Å². The van der Waals surface area contributed by atoms with Gasteiger partial charge < -0.3 is 10.2 Å². The summed E-state index contributed by atoms with van der Waals surface area (Å²) in [6.07, 6.45) is 1.70. The molecule has 1 N–H and O–H groups in total. The Balaban J connectivity index is 1.87. The summed E-state index contributed by atoms with van der Waals surface area (Å²) >= 11 is 6.38. The number of hydrogen-bond donors (Lipinski definition) is 1. The van der Waals surface area contributed by atoms with Gasteiger partial charge in [-0.25, -0.2) is 9.97 Å². The van der Waals surface area contributed by atoms with E-state index in [-0.39, 0.29) is 24.1 Å². The molecule has 0 bridgehead atoms. The number of hydrogen-bond acceptors (Lipinski definition) is 5. The summed E-state index contributed by atoms with van der Waals surface area (Å²) in [6, 6.07) is 16.9. The number of pyridine rings is 1. The average Bonchev–Trinajstić information content (AvgIpc) is 2.80. The topological polar surface area (TPSA) is 80.1 Å². The van der Waals surface area contributed by atoms with Gasteiger partial charge in [-0.3, -0.25) is 14.2 Å². The van der Waals surface area contributed by atoms with Crippen molar-refractivity contribution in [3.8, 4) is 22.5 Å². The van der Waals surface area contributed by atoms with Gasteiger partial charge in [-0.15, -0.1) is 0 Å². The van der Waals surface area contributed by atoms with Gasteiger partial charge in [0.1, 0.15) is 12.4 Å². The van der Waals surface area contributed by atoms with Crippen LogP contribution in [0.25, 0.3) is 33.5 Å². The van der Waals surface area contributed by atoms with E-state index in [0.29, 0.717) is 21.9 Å². The zero-order valence-corrected chi connectivity index (χ0v) is 21.0. The second-order valence-electron chi connectivity index (χ2n) is 9.10. The van der Waals surface area contributed by atoms with Crippen LogP contribution in [0.1, 0.15) is 19.4 Å². The van der Waals surface area contributed by atoms with E-state index < -0.39 is 0 Å². The van der Waals surface area contributed by atoms with Crippen molar-refractivity contribution in [2.45, 2.75) is 33.0 Å². The molecule has 0 aliphatic rings. The van der Waals surface area contributed by atoms with E-state index >= 15 is 0 Å². The molecule has 0 aliphatic heterocycles. The lowest BCUT2D eigenvalue weighted by Gasteiger charge is -2.15. The van der Waals surface area contributed by atoms with E-state index in [4.69, 9.17) is 11.6 Å². The molecular weight excluding hydrogens is 462 g/mol. The van der Waals surface area contributed by atoms with Gasteiger partial charge in [-0.05, 0) is 63.3 Å². The van der Waals surface area contributed by atoms with Crippen LogP contribution in [0.5, 0.6) is 0 Å². The number of fused-ring (bicyclic) bond motifs is 1. The minimum absolute atomic E-state index is 0.0424. The zero-order chi connectivity index (χ0) is 25.1. The summed E-state index contributed by atoms with van der Waals surface area (Å²) in [6.45, 7) is 4.35. The fourth-order valence-corrected chi connectivity index (χ4v) is 4.26. The monoisotopic (exact) mass is 489 g/mol. The minimum Gasteiger partial charge on any atom is -0.352 e. The molecule has 0 radical (unpaired) electrons.